The van der Waals surface area contributed by atoms with E-state index in [-0.39, 0.29) is 6.03 Å². The first-order chi connectivity index (χ1) is 11.2. The zero-order chi connectivity index (χ0) is 16.1. The highest BCUT2D eigenvalue weighted by Gasteiger charge is 2.29. The molecule has 3 heterocycles. The van der Waals surface area contributed by atoms with Crippen molar-refractivity contribution >= 4 is 11.7 Å². The number of urea groups is 1. The van der Waals surface area contributed by atoms with E-state index in [4.69, 9.17) is 0 Å². The van der Waals surface area contributed by atoms with Crippen molar-refractivity contribution in [1.82, 2.24) is 24.8 Å². The molecule has 1 saturated heterocycles. The van der Waals surface area contributed by atoms with Gasteiger partial charge in [-0.1, -0.05) is 0 Å². The minimum absolute atomic E-state index is 0.0666. The van der Waals surface area contributed by atoms with Gasteiger partial charge in [-0.05, 0) is 31.7 Å². The minimum Gasteiger partial charge on any atom is -0.323 e. The summed E-state index contributed by atoms with van der Waals surface area (Å²) in [6.07, 6.45) is 7.78. The first-order valence-electron chi connectivity index (χ1n) is 7.64. The standard InChI is InChI=1S/C16H20N6O/c1-21(12-15-18-6-2-7-19-15)14-5-10-22(11-14)16(23)20-13-3-8-17-9-4-13/h2-4,6-9,14H,5,10-12H2,1H3,(H,17,20,23)/t14-/m0/s1. The second-order valence-electron chi connectivity index (χ2n) is 5.63. The summed E-state index contributed by atoms with van der Waals surface area (Å²) in [4.78, 5) is 28.8. The number of carbonyl (C=O) groups is 1. The fourth-order valence-electron chi connectivity index (χ4n) is 2.69. The van der Waals surface area contributed by atoms with Crippen molar-refractivity contribution in [3.05, 3.63) is 48.8 Å². The molecule has 0 saturated carbocycles. The average molecular weight is 312 g/mol. The third kappa shape index (κ3) is 4.01. The van der Waals surface area contributed by atoms with Crippen LogP contribution >= 0.6 is 0 Å². The molecule has 1 aliphatic rings. The van der Waals surface area contributed by atoms with Gasteiger partial charge in [0.1, 0.15) is 5.82 Å². The Bertz CT molecular complexity index is 636. The molecule has 0 spiro atoms. The molecule has 1 aliphatic heterocycles. The molecule has 1 fully saturated rings. The molecule has 7 nitrogen and oxygen atoms in total. The third-order valence-corrected chi connectivity index (χ3v) is 4.02. The molecule has 0 unspecified atom stereocenters. The molecule has 2 amide bonds. The predicted molar refractivity (Wildman–Crippen MR) is 86.7 cm³/mol. The van der Waals surface area contributed by atoms with Crippen LogP contribution in [-0.4, -0.2) is 57.0 Å². The number of anilines is 1. The Morgan fingerprint density at radius 1 is 1.30 bits per heavy atom. The monoisotopic (exact) mass is 312 g/mol. The summed E-state index contributed by atoms with van der Waals surface area (Å²) in [6.45, 7) is 2.15. The van der Waals surface area contributed by atoms with Crippen LogP contribution in [-0.2, 0) is 6.54 Å². The van der Waals surface area contributed by atoms with Gasteiger partial charge in [0.2, 0.25) is 0 Å². The number of hydrogen-bond donors (Lipinski definition) is 1. The van der Waals surface area contributed by atoms with Gasteiger partial charge in [-0.15, -0.1) is 0 Å². The Balaban J connectivity index is 1.52. The molecular formula is C16H20N6O. The smallest absolute Gasteiger partial charge is 0.321 e. The van der Waals surface area contributed by atoms with Crippen LogP contribution in [0, 0.1) is 0 Å². The SMILES string of the molecule is CN(Cc1ncccn1)[C@H]1CCN(C(=O)Nc2ccncc2)C1. The second kappa shape index (κ2) is 7.15. The normalized spacial score (nSPS) is 17.5. The van der Waals surface area contributed by atoms with Gasteiger partial charge in [0.25, 0.3) is 0 Å². The van der Waals surface area contributed by atoms with E-state index in [9.17, 15) is 4.79 Å². The van der Waals surface area contributed by atoms with Gasteiger partial charge in [-0.2, -0.15) is 0 Å². The van der Waals surface area contributed by atoms with Gasteiger partial charge >= 0.3 is 6.03 Å². The number of aromatic nitrogens is 3. The van der Waals surface area contributed by atoms with Gasteiger partial charge in [0.15, 0.2) is 0 Å². The first-order valence-corrected chi connectivity index (χ1v) is 7.64. The summed E-state index contributed by atoms with van der Waals surface area (Å²) >= 11 is 0. The fourth-order valence-corrected chi connectivity index (χ4v) is 2.69. The lowest BCUT2D eigenvalue weighted by molar-refractivity contribution is 0.206. The number of pyridine rings is 1. The quantitative estimate of drug-likeness (QED) is 0.928. The van der Waals surface area contributed by atoms with Gasteiger partial charge < -0.3 is 10.2 Å². The van der Waals surface area contributed by atoms with Crippen LogP contribution in [0.1, 0.15) is 12.2 Å². The highest BCUT2D eigenvalue weighted by atomic mass is 16.2. The molecule has 0 aromatic carbocycles. The first kappa shape index (κ1) is 15.4. The number of hydrogen-bond acceptors (Lipinski definition) is 5. The molecule has 1 atom stereocenters. The molecule has 0 radical (unpaired) electrons. The van der Waals surface area contributed by atoms with Crippen LogP contribution in [0.4, 0.5) is 10.5 Å². The van der Waals surface area contributed by atoms with E-state index in [0.29, 0.717) is 19.1 Å². The van der Waals surface area contributed by atoms with Crippen molar-refractivity contribution in [2.24, 2.45) is 0 Å². The highest BCUT2D eigenvalue weighted by Crippen LogP contribution is 2.17. The van der Waals surface area contributed by atoms with Crippen molar-refractivity contribution < 1.29 is 4.79 Å². The predicted octanol–water partition coefficient (Wildman–Crippen LogP) is 1.61. The van der Waals surface area contributed by atoms with Crippen molar-refractivity contribution in [3.63, 3.8) is 0 Å². The number of amides is 2. The third-order valence-electron chi connectivity index (χ3n) is 4.02. The Morgan fingerprint density at radius 2 is 2.04 bits per heavy atom. The van der Waals surface area contributed by atoms with Crippen molar-refractivity contribution in [2.45, 2.75) is 19.0 Å². The minimum atomic E-state index is -0.0666. The van der Waals surface area contributed by atoms with Crippen molar-refractivity contribution in [3.8, 4) is 0 Å². The Kier molecular flexibility index (Phi) is 4.77. The maximum absolute atomic E-state index is 12.3. The summed E-state index contributed by atoms with van der Waals surface area (Å²) in [7, 11) is 2.05. The molecule has 3 rings (SSSR count). The zero-order valence-corrected chi connectivity index (χ0v) is 13.1. The van der Waals surface area contributed by atoms with Gasteiger partial charge in [0, 0.05) is 49.6 Å². The number of rotatable bonds is 4. The lowest BCUT2D eigenvalue weighted by atomic mass is 10.2. The summed E-state index contributed by atoms with van der Waals surface area (Å²) in [5, 5.41) is 2.90. The largest absolute Gasteiger partial charge is 0.323 e. The van der Waals surface area contributed by atoms with Crippen LogP contribution in [0.3, 0.4) is 0 Å². The van der Waals surface area contributed by atoms with Gasteiger partial charge in [0.05, 0.1) is 6.54 Å². The van der Waals surface area contributed by atoms with E-state index in [1.807, 2.05) is 18.0 Å². The van der Waals surface area contributed by atoms with E-state index in [1.165, 1.54) is 0 Å². The van der Waals surface area contributed by atoms with E-state index in [0.717, 1.165) is 24.5 Å². The summed E-state index contributed by atoms with van der Waals surface area (Å²) in [5.41, 5.74) is 0.763. The van der Waals surface area contributed by atoms with Gasteiger partial charge in [-0.3, -0.25) is 9.88 Å². The van der Waals surface area contributed by atoms with Crippen molar-refractivity contribution in [1.29, 1.82) is 0 Å². The molecule has 0 aliphatic carbocycles. The number of nitrogens with one attached hydrogen (secondary N) is 1. The number of nitrogens with zero attached hydrogens (tertiary/aromatic N) is 5. The van der Waals surface area contributed by atoms with Crippen LogP contribution < -0.4 is 5.32 Å². The molecule has 0 bridgehead atoms. The fraction of sp³-hybridized carbons (Fsp3) is 0.375. The number of likely N-dealkylation sites (N-methyl/N-ethyl adjacent to an activating group) is 1. The summed E-state index contributed by atoms with van der Waals surface area (Å²) < 4.78 is 0. The molecule has 120 valence electrons. The van der Waals surface area contributed by atoms with E-state index >= 15 is 0 Å². The van der Waals surface area contributed by atoms with E-state index in [2.05, 4.69) is 25.2 Å². The highest BCUT2D eigenvalue weighted by molar-refractivity contribution is 5.89. The molecule has 1 N–H and O–H groups in total. The summed E-state index contributed by atoms with van der Waals surface area (Å²) in [6, 6.07) is 5.63. The topological polar surface area (TPSA) is 74.2 Å². The second-order valence-corrected chi connectivity index (χ2v) is 5.63. The molecule has 2 aromatic rings. The Labute approximate surface area is 135 Å². The average Bonchev–Trinajstić information content (AvgIpc) is 3.07. The maximum Gasteiger partial charge on any atom is 0.321 e. The van der Waals surface area contributed by atoms with Crippen molar-refractivity contribution in [2.75, 3.05) is 25.5 Å². The molecular weight excluding hydrogens is 292 g/mol. The number of carbonyl (C=O) groups excluding carboxylic acids is 1. The zero-order valence-electron chi connectivity index (χ0n) is 13.1. The number of likely N-dealkylation sites (tertiary alicyclic amines) is 1. The Morgan fingerprint density at radius 3 is 2.78 bits per heavy atom. The molecule has 7 heteroatoms. The van der Waals surface area contributed by atoms with Gasteiger partial charge in [-0.25, -0.2) is 14.8 Å². The molecule has 2 aromatic heterocycles. The van der Waals surface area contributed by atoms with E-state index < -0.39 is 0 Å². The van der Waals surface area contributed by atoms with Crippen LogP contribution in [0.2, 0.25) is 0 Å². The van der Waals surface area contributed by atoms with Crippen LogP contribution in [0.5, 0.6) is 0 Å². The van der Waals surface area contributed by atoms with Crippen LogP contribution in [0.15, 0.2) is 43.0 Å². The van der Waals surface area contributed by atoms with Crippen LogP contribution in [0.25, 0.3) is 0 Å². The lowest BCUT2D eigenvalue weighted by Gasteiger charge is -2.24. The summed E-state index contributed by atoms with van der Waals surface area (Å²) in [5.74, 6) is 0.801. The maximum atomic E-state index is 12.3. The lowest BCUT2D eigenvalue weighted by Crippen LogP contribution is -2.38. The van der Waals surface area contributed by atoms with E-state index in [1.54, 1.807) is 36.9 Å². The Hall–Kier alpha value is -2.54. The molecule has 23 heavy (non-hydrogen) atoms.